The zero-order valence-corrected chi connectivity index (χ0v) is 12.2. The average molecular weight is 292 g/mol. The smallest absolute Gasteiger partial charge is 0.339 e. The van der Waals surface area contributed by atoms with E-state index in [1.807, 2.05) is 0 Å². The lowest BCUT2D eigenvalue weighted by Gasteiger charge is -2.36. The van der Waals surface area contributed by atoms with E-state index >= 15 is 0 Å². The van der Waals surface area contributed by atoms with Crippen LogP contribution in [-0.2, 0) is 7.05 Å². The van der Waals surface area contributed by atoms with E-state index in [-0.39, 0.29) is 23.2 Å². The third-order valence-electron chi connectivity index (χ3n) is 4.71. The van der Waals surface area contributed by atoms with E-state index in [0.29, 0.717) is 12.1 Å². The molecule has 2 N–H and O–H groups in total. The van der Waals surface area contributed by atoms with Crippen molar-refractivity contribution in [3.63, 3.8) is 0 Å². The number of nitrogens with one attached hydrogen (secondary N) is 1. The maximum absolute atomic E-state index is 12.3. The summed E-state index contributed by atoms with van der Waals surface area (Å²) in [5, 5.41) is 16.1. The van der Waals surface area contributed by atoms with E-state index in [0.717, 1.165) is 12.8 Å². The minimum absolute atomic E-state index is 0.00345. The van der Waals surface area contributed by atoms with Crippen LogP contribution in [0, 0.1) is 0 Å². The van der Waals surface area contributed by atoms with Gasteiger partial charge in [0.05, 0.1) is 0 Å². The van der Waals surface area contributed by atoms with Crippen LogP contribution in [0.2, 0.25) is 0 Å². The highest BCUT2D eigenvalue weighted by atomic mass is 16.4. The number of carbonyl (C=O) groups excluding carboxylic acids is 1. The van der Waals surface area contributed by atoms with E-state index in [1.54, 1.807) is 7.05 Å². The molecule has 7 heteroatoms. The van der Waals surface area contributed by atoms with Gasteiger partial charge in [-0.05, 0) is 32.7 Å². The van der Waals surface area contributed by atoms with Crippen LogP contribution >= 0.6 is 0 Å². The van der Waals surface area contributed by atoms with Crippen molar-refractivity contribution in [1.82, 2.24) is 20.0 Å². The van der Waals surface area contributed by atoms with Crippen LogP contribution in [0.15, 0.2) is 6.20 Å². The van der Waals surface area contributed by atoms with Gasteiger partial charge in [0.1, 0.15) is 5.56 Å². The largest absolute Gasteiger partial charge is 0.478 e. The Morgan fingerprint density at radius 2 is 1.90 bits per heavy atom. The summed E-state index contributed by atoms with van der Waals surface area (Å²) < 4.78 is 1.36. The number of rotatable bonds is 3. The first-order valence-electron chi connectivity index (χ1n) is 7.25. The van der Waals surface area contributed by atoms with Crippen molar-refractivity contribution in [2.75, 3.05) is 7.05 Å². The molecule has 0 aliphatic carbocycles. The molecule has 2 aliphatic heterocycles. The molecule has 3 rings (SSSR count). The zero-order valence-electron chi connectivity index (χ0n) is 12.2. The van der Waals surface area contributed by atoms with Gasteiger partial charge < -0.3 is 15.3 Å². The number of aryl methyl sites for hydroxylation is 1. The molecule has 114 valence electrons. The number of hydrogen-bond donors (Lipinski definition) is 2. The van der Waals surface area contributed by atoms with Gasteiger partial charge in [0.25, 0.3) is 5.91 Å². The zero-order chi connectivity index (χ0) is 15.1. The molecule has 1 amide bonds. The molecular weight excluding hydrogens is 272 g/mol. The van der Waals surface area contributed by atoms with Crippen LogP contribution in [0.25, 0.3) is 0 Å². The molecule has 2 saturated heterocycles. The lowest BCUT2D eigenvalue weighted by Crippen LogP contribution is -2.49. The lowest BCUT2D eigenvalue weighted by molar-refractivity contribution is 0.0688. The minimum atomic E-state index is -1.13. The van der Waals surface area contributed by atoms with E-state index in [9.17, 15) is 9.59 Å². The number of carboxylic acid groups (broad SMARTS) is 1. The van der Waals surface area contributed by atoms with Gasteiger partial charge in [0.15, 0.2) is 5.69 Å². The van der Waals surface area contributed by atoms with E-state index in [2.05, 4.69) is 22.4 Å². The number of nitrogens with zero attached hydrogens (tertiary/aromatic N) is 3. The fourth-order valence-electron chi connectivity index (χ4n) is 3.60. The van der Waals surface area contributed by atoms with Gasteiger partial charge in [-0.1, -0.05) is 0 Å². The highest BCUT2D eigenvalue weighted by Gasteiger charge is 2.39. The first-order valence-corrected chi connectivity index (χ1v) is 7.25. The summed E-state index contributed by atoms with van der Waals surface area (Å²) in [6.07, 6.45) is 5.56. The molecule has 2 bridgehead atoms. The fraction of sp³-hybridized carbons (Fsp3) is 0.643. The molecule has 0 spiro atoms. The monoisotopic (exact) mass is 292 g/mol. The van der Waals surface area contributed by atoms with E-state index in [1.165, 1.54) is 23.7 Å². The van der Waals surface area contributed by atoms with Gasteiger partial charge in [-0.2, -0.15) is 5.10 Å². The van der Waals surface area contributed by atoms with Gasteiger partial charge in [0.2, 0.25) is 0 Å². The summed E-state index contributed by atoms with van der Waals surface area (Å²) in [7, 11) is 3.75. The molecule has 0 radical (unpaired) electrons. The molecule has 1 aromatic heterocycles. The second kappa shape index (κ2) is 5.14. The minimum Gasteiger partial charge on any atom is -0.478 e. The molecule has 2 atom stereocenters. The Morgan fingerprint density at radius 3 is 2.48 bits per heavy atom. The van der Waals surface area contributed by atoms with Gasteiger partial charge >= 0.3 is 5.97 Å². The third-order valence-corrected chi connectivity index (χ3v) is 4.71. The maximum Gasteiger partial charge on any atom is 0.339 e. The molecular formula is C14H20N4O3. The highest BCUT2D eigenvalue weighted by molar-refractivity contribution is 6.03. The van der Waals surface area contributed by atoms with E-state index in [4.69, 9.17) is 5.11 Å². The summed E-state index contributed by atoms with van der Waals surface area (Å²) in [4.78, 5) is 25.8. The van der Waals surface area contributed by atoms with Crippen LogP contribution in [-0.4, -0.2) is 56.8 Å². The molecule has 2 aliphatic rings. The Kier molecular flexibility index (Phi) is 3.44. The first kappa shape index (κ1) is 14.1. The number of amides is 1. The number of fused-ring (bicyclic) bond motifs is 2. The van der Waals surface area contributed by atoms with Gasteiger partial charge in [-0.3, -0.25) is 9.48 Å². The summed E-state index contributed by atoms with van der Waals surface area (Å²) in [6.45, 7) is 0. The third kappa shape index (κ3) is 2.53. The molecule has 2 unspecified atom stereocenters. The van der Waals surface area contributed by atoms with Crippen molar-refractivity contribution < 1.29 is 14.7 Å². The quantitative estimate of drug-likeness (QED) is 0.846. The van der Waals surface area contributed by atoms with Crippen LogP contribution < -0.4 is 5.32 Å². The number of aromatic carboxylic acids is 1. The molecule has 2 fully saturated rings. The number of carbonyl (C=O) groups is 2. The number of carboxylic acids is 1. The standard InChI is InChI=1S/C14H20N4O3/c1-17-7-11(14(20)21)12(16-17)13(19)15-8-5-9-3-4-10(6-8)18(9)2/h7-10H,3-6H2,1-2H3,(H,15,19)(H,20,21). The Balaban J connectivity index is 1.71. The maximum atomic E-state index is 12.3. The van der Waals surface area contributed by atoms with Crippen molar-refractivity contribution in [3.8, 4) is 0 Å². The van der Waals surface area contributed by atoms with Crippen molar-refractivity contribution in [2.24, 2.45) is 7.05 Å². The lowest BCUT2D eigenvalue weighted by atomic mass is 9.98. The number of piperidine rings is 1. The molecule has 3 heterocycles. The van der Waals surface area contributed by atoms with Crippen LogP contribution in [0.4, 0.5) is 0 Å². The second-order valence-electron chi connectivity index (χ2n) is 6.06. The SMILES string of the molecule is CN1C2CCC1CC(NC(=O)c1nn(C)cc1C(=O)O)C2. The summed E-state index contributed by atoms with van der Waals surface area (Å²) in [6, 6.07) is 1.16. The fourth-order valence-corrected chi connectivity index (χ4v) is 3.60. The van der Waals surface area contributed by atoms with Crippen LogP contribution in [0.3, 0.4) is 0 Å². The Morgan fingerprint density at radius 1 is 1.29 bits per heavy atom. The van der Waals surface area contributed by atoms with Gasteiger partial charge in [-0.15, -0.1) is 0 Å². The molecule has 21 heavy (non-hydrogen) atoms. The first-order chi connectivity index (χ1) is 9.95. The molecule has 7 nitrogen and oxygen atoms in total. The normalized spacial score (nSPS) is 28.6. The molecule has 0 saturated carbocycles. The highest BCUT2D eigenvalue weighted by Crippen LogP contribution is 2.34. The van der Waals surface area contributed by atoms with Gasteiger partial charge in [-0.25, -0.2) is 4.79 Å². The summed E-state index contributed by atoms with van der Waals surface area (Å²) in [5.74, 6) is -1.52. The van der Waals surface area contributed by atoms with E-state index < -0.39 is 5.97 Å². The van der Waals surface area contributed by atoms with Crippen LogP contribution in [0.1, 0.15) is 46.5 Å². The summed E-state index contributed by atoms with van der Waals surface area (Å²) in [5.41, 5.74) is -0.0535. The molecule has 0 aromatic carbocycles. The van der Waals surface area contributed by atoms with Crippen molar-refractivity contribution in [2.45, 2.75) is 43.8 Å². The van der Waals surface area contributed by atoms with Crippen molar-refractivity contribution in [3.05, 3.63) is 17.5 Å². The number of hydrogen-bond acceptors (Lipinski definition) is 4. The Hall–Kier alpha value is -1.89. The predicted molar refractivity (Wildman–Crippen MR) is 75.2 cm³/mol. The predicted octanol–water partition coefficient (Wildman–Crippen LogP) is 0.473. The Labute approximate surface area is 122 Å². The van der Waals surface area contributed by atoms with Crippen LogP contribution in [0.5, 0.6) is 0 Å². The average Bonchev–Trinajstić information content (AvgIpc) is 2.88. The molecule has 1 aromatic rings. The van der Waals surface area contributed by atoms with Crippen molar-refractivity contribution in [1.29, 1.82) is 0 Å². The Bertz CT molecular complexity index is 569. The van der Waals surface area contributed by atoms with Crippen molar-refractivity contribution >= 4 is 11.9 Å². The topological polar surface area (TPSA) is 87.5 Å². The summed E-state index contributed by atoms with van der Waals surface area (Å²) >= 11 is 0. The van der Waals surface area contributed by atoms with Gasteiger partial charge in [0, 0.05) is 31.4 Å². The second-order valence-corrected chi connectivity index (χ2v) is 6.06. The number of aromatic nitrogens is 2.